The predicted molar refractivity (Wildman–Crippen MR) is 85.9 cm³/mol. The highest BCUT2D eigenvalue weighted by Crippen LogP contribution is 2.32. The Morgan fingerprint density at radius 2 is 1.75 bits per heavy atom. The van der Waals surface area contributed by atoms with Crippen LogP contribution in [0.4, 0.5) is 4.39 Å². The summed E-state index contributed by atoms with van der Waals surface area (Å²) in [5.41, 5.74) is 0.921. The van der Waals surface area contributed by atoms with Gasteiger partial charge in [-0.05, 0) is 63.1 Å². The summed E-state index contributed by atoms with van der Waals surface area (Å²) in [5, 5.41) is 4.02. The quantitative estimate of drug-likeness (QED) is 0.759. The van der Waals surface area contributed by atoms with Crippen LogP contribution in [0.5, 0.6) is 0 Å². The second-order valence-electron chi connectivity index (χ2n) is 6.72. The Labute approximate surface area is 127 Å². The van der Waals surface area contributed by atoms with E-state index in [1.165, 1.54) is 6.07 Å². The van der Waals surface area contributed by atoms with Crippen LogP contribution in [-0.2, 0) is 6.42 Å². The summed E-state index contributed by atoms with van der Waals surface area (Å²) in [7, 11) is 0. The van der Waals surface area contributed by atoms with Gasteiger partial charge in [-0.3, -0.25) is 0 Å². The summed E-state index contributed by atoms with van der Waals surface area (Å²) in [6.07, 6.45) is 2.79. The van der Waals surface area contributed by atoms with Gasteiger partial charge in [0.2, 0.25) is 0 Å². The molecule has 1 aromatic rings. The third-order valence-corrected chi connectivity index (χ3v) is 4.31. The van der Waals surface area contributed by atoms with Gasteiger partial charge in [0.05, 0.1) is 0 Å². The first-order valence-corrected chi connectivity index (χ1v) is 7.78. The Bertz CT molecular complexity index is 433. The van der Waals surface area contributed by atoms with E-state index in [0.29, 0.717) is 5.02 Å². The van der Waals surface area contributed by atoms with Crippen LogP contribution >= 0.6 is 11.6 Å². The van der Waals surface area contributed by atoms with Crippen molar-refractivity contribution < 1.29 is 4.39 Å². The van der Waals surface area contributed by atoms with Gasteiger partial charge in [0.1, 0.15) is 5.82 Å². The van der Waals surface area contributed by atoms with Gasteiger partial charge in [0, 0.05) is 17.1 Å². The molecule has 0 saturated carbocycles. The lowest BCUT2D eigenvalue weighted by molar-refractivity contribution is 0.218. The highest BCUT2D eigenvalue weighted by Gasteiger charge is 2.29. The predicted octanol–water partition coefficient (Wildman–Crippen LogP) is 5.22. The lowest BCUT2D eigenvalue weighted by Gasteiger charge is -2.35. The van der Waals surface area contributed by atoms with Crippen LogP contribution < -0.4 is 5.32 Å². The van der Waals surface area contributed by atoms with Crippen molar-refractivity contribution in [2.75, 3.05) is 6.54 Å². The number of benzene rings is 1. The Morgan fingerprint density at radius 3 is 2.20 bits per heavy atom. The maximum atomic E-state index is 14.0. The van der Waals surface area contributed by atoms with Gasteiger partial charge in [-0.1, -0.05) is 31.5 Å². The van der Waals surface area contributed by atoms with Gasteiger partial charge >= 0.3 is 0 Å². The summed E-state index contributed by atoms with van der Waals surface area (Å²) in [6.45, 7) is 11.7. The van der Waals surface area contributed by atoms with Gasteiger partial charge in [0.15, 0.2) is 0 Å². The van der Waals surface area contributed by atoms with E-state index >= 15 is 0 Å². The molecule has 0 spiro atoms. The average Bonchev–Trinajstić information content (AvgIpc) is 2.36. The van der Waals surface area contributed by atoms with Crippen molar-refractivity contribution in [2.45, 2.75) is 59.4 Å². The van der Waals surface area contributed by atoms with Crippen molar-refractivity contribution >= 4 is 11.6 Å². The Hall–Kier alpha value is -0.600. The molecule has 1 aromatic carbocycles. The van der Waals surface area contributed by atoms with Crippen LogP contribution in [0.2, 0.25) is 5.02 Å². The molecule has 0 aromatic heterocycles. The average molecular weight is 300 g/mol. The Balaban J connectivity index is 2.90. The van der Waals surface area contributed by atoms with Gasteiger partial charge in [0.25, 0.3) is 0 Å². The van der Waals surface area contributed by atoms with Crippen LogP contribution in [0.3, 0.4) is 0 Å². The molecule has 1 N–H and O–H groups in total. The molecule has 3 heteroatoms. The minimum atomic E-state index is -0.195. The zero-order valence-corrected chi connectivity index (χ0v) is 14.1. The topological polar surface area (TPSA) is 12.0 Å². The minimum Gasteiger partial charge on any atom is -0.312 e. The van der Waals surface area contributed by atoms with E-state index in [1.807, 2.05) is 6.07 Å². The highest BCUT2D eigenvalue weighted by atomic mass is 35.5. The van der Waals surface area contributed by atoms with Crippen LogP contribution in [0, 0.1) is 11.2 Å². The lowest BCUT2D eigenvalue weighted by atomic mass is 9.76. The molecule has 0 amide bonds. The first kappa shape index (κ1) is 17.5. The zero-order chi connectivity index (χ0) is 15.4. The monoisotopic (exact) mass is 299 g/mol. The summed E-state index contributed by atoms with van der Waals surface area (Å²) in [6, 6.07) is 4.99. The third kappa shape index (κ3) is 5.06. The normalized spacial score (nSPS) is 12.8. The van der Waals surface area contributed by atoms with Crippen LogP contribution in [0.1, 0.15) is 53.0 Å². The standard InChI is InChI=1S/C17H27ClFN/c1-6-17(7-2,12-20-16(3,4)5)11-13-8-9-14(18)10-15(13)19/h8-10,20H,6-7,11-12H2,1-5H3. The largest absolute Gasteiger partial charge is 0.312 e. The van der Waals surface area contributed by atoms with Crippen molar-refractivity contribution in [3.8, 4) is 0 Å². The summed E-state index contributed by atoms with van der Waals surface area (Å²) in [5.74, 6) is -0.195. The maximum absolute atomic E-state index is 14.0. The number of hydrogen-bond acceptors (Lipinski definition) is 1. The van der Waals surface area contributed by atoms with E-state index in [4.69, 9.17) is 11.6 Å². The second kappa shape index (κ2) is 6.91. The number of nitrogens with one attached hydrogen (secondary N) is 1. The van der Waals surface area contributed by atoms with E-state index < -0.39 is 0 Å². The van der Waals surface area contributed by atoms with Gasteiger partial charge < -0.3 is 5.32 Å². The molecular formula is C17H27ClFN. The SMILES string of the molecule is CCC(CC)(CNC(C)(C)C)Cc1ccc(Cl)cc1F. The van der Waals surface area contributed by atoms with E-state index in [9.17, 15) is 4.39 Å². The lowest BCUT2D eigenvalue weighted by Crippen LogP contribution is -2.44. The molecule has 0 saturated heterocycles. The van der Waals surface area contributed by atoms with E-state index in [2.05, 4.69) is 39.9 Å². The molecule has 0 radical (unpaired) electrons. The van der Waals surface area contributed by atoms with Crippen molar-refractivity contribution in [1.29, 1.82) is 0 Å². The molecule has 0 aliphatic rings. The van der Waals surface area contributed by atoms with E-state index in [0.717, 1.165) is 31.4 Å². The maximum Gasteiger partial charge on any atom is 0.127 e. The number of hydrogen-bond donors (Lipinski definition) is 1. The number of halogens is 2. The minimum absolute atomic E-state index is 0.0775. The highest BCUT2D eigenvalue weighted by molar-refractivity contribution is 6.30. The van der Waals surface area contributed by atoms with Crippen molar-refractivity contribution in [1.82, 2.24) is 5.32 Å². The van der Waals surface area contributed by atoms with E-state index in [1.54, 1.807) is 6.07 Å². The molecule has 0 aliphatic carbocycles. The molecule has 1 nitrogen and oxygen atoms in total. The molecule has 1 rings (SSSR count). The molecule has 0 bridgehead atoms. The second-order valence-corrected chi connectivity index (χ2v) is 7.16. The number of rotatable bonds is 6. The fourth-order valence-corrected chi connectivity index (χ4v) is 2.49. The molecule has 0 heterocycles. The molecule has 20 heavy (non-hydrogen) atoms. The summed E-state index contributed by atoms with van der Waals surface area (Å²) in [4.78, 5) is 0. The molecule has 0 atom stereocenters. The Morgan fingerprint density at radius 1 is 1.15 bits per heavy atom. The van der Waals surface area contributed by atoms with Gasteiger partial charge in [-0.2, -0.15) is 0 Å². The molecule has 0 unspecified atom stereocenters. The van der Waals surface area contributed by atoms with E-state index in [-0.39, 0.29) is 16.8 Å². The first-order valence-electron chi connectivity index (χ1n) is 7.40. The zero-order valence-electron chi connectivity index (χ0n) is 13.3. The van der Waals surface area contributed by atoms with Crippen molar-refractivity contribution in [3.05, 3.63) is 34.6 Å². The first-order chi connectivity index (χ1) is 9.21. The fourth-order valence-electron chi connectivity index (χ4n) is 2.33. The molecule has 0 aliphatic heterocycles. The van der Waals surface area contributed by atoms with Gasteiger partial charge in [-0.25, -0.2) is 4.39 Å². The summed E-state index contributed by atoms with van der Waals surface area (Å²) >= 11 is 5.82. The van der Waals surface area contributed by atoms with Crippen LogP contribution in [0.25, 0.3) is 0 Å². The summed E-state index contributed by atoms with van der Waals surface area (Å²) < 4.78 is 14.0. The molecule has 0 fully saturated rings. The van der Waals surface area contributed by atoms with Crippen molar-refractivity contribution in [3.63, 3.8) is 0 Å². The van der Waals surface area contributed by atoms with Crippen molar-refractivity contribution in [2.24, 2.45) is 5.41 Å². The smallest absolute Gasteiger partial charge is 0.127 e. The van der Waals surface area contributed by atoms with Crippen LogP contribution in [0.15, 0.2) is 18.2 Å². The fraction of sp³-hybridized carbons (Fsp3) is 0.647. The molecule has 114 valence electrons. The molecular weight excluding hydrogens is 273 g/mol. The van der Waals surface area contributed by atoms with Crippen LogP contribution in [-0.4, -0.2) is 12.1 Å². The van der Waals surface area contributed by atoms with Gasteiger partial charge in [-0.15, -0.1) is 0 Å². The Kier molecular flexibility index (Phi) is 6.03. The third-order valence-electron chi connectivity index (χ3n) is 4.07.